The standard InChI is InChI=1S/C24H24F2IN3O2/c1-2-3-7-12-28-23(31)18-14-21(26)30-24(32-15-16-8-5-4-6-9-16)22(18)29-20-11-10-17(27)13-19(20)25/h4-6,8-11,13-14,29H,2-3,7,12,15H2,1H3,(H,28,31). The third kappa shape index (κ3) is 6.62. The summed E-state index contributed by atoms with van der Waals surface area (Å²) in [6, 6.07) is 14.9. The molecule has 0 saturated carbocycles. The third-order valence-corrected chi connectivity index (χ3v) is 5.35. The van der Waals surface area contributed by atoms with Crippen molar-refractivity contribution < 1.29 is 18.3 Å². The minimum atomic E-state index is -0.861. The van der Waals surface area contributed by atoms with Gasteiger partial charge in [0.1, 0.15) is 18.1 Å². The van der Waals surface area contributed by atoms with Gasteiger partial charge < -0.3 is 15.4 Å². The van der Waals surface area contributed by atoms with Gasteiger partial charge in [0.05, 0.1) is 11.3 Å². The molecule has 0 aliphatic carbocycles. The van der Waals surface area contributed by atoms with Crippen LogP contribution in [0, 0.1) is 15.3 Å². The van der Waals surface area contributed by atoms with Gasteiger partial charge in [-0.15, -0.1) is 0 Å². The average molecular weight is 551 g/mol. The van der Waals surface area contributed by atoms with E-state index in [0.717, 1.165) is 34.5 Å². The minimum Gasteiger partial charge on any atom is -0.471 e. The van der Waals surface area contributed by atoms with Gasteiger partial charge in [-0.3, -0.25) is 4.79 Å². The molecule has 0 fully saturated rings. The Kier molecular flexibility index (Phi) is 8.78. The van der Waals surface area contributed by atoms with Gasteiger partial charge in [-0.2, -0.15) is 9.37 Å². The van der Waals surface area contributed by atoms with E-state index in [1.807, 2.05) is 52.9 Å². The molecule has 0 unspecified atom stereocenters. The lowest BCUT2D eigenvalue weighted by molar-refractivity contribution is 0.0952. The molecule has 2 aromatic carbocycles. The molecule has 0 saturated heterocycles. The number of benzene rings is 2. The third-order valence-electron chi connectivity index (χ3n) is 4.67. The first-order valence-electron chi connectivity index (χ1n) is 10.4. The molecule has 3 rings (SSSR count). The van der Waals surface area contributed by atoms with Gasteiger partial charge in [0.2, 0.25) is 11.8 Å². The summed E-state index contributed by atoms with van der Waals surface area (Å²) in [4.78, 5) is 16.7. The topological polar surface area (TPSA) is 63.2 Å². The zero-order valence-corrected chi connectivity index (χ0v) is 19.8. The summed E-state index contributed by atoms with van der Waals surface area (Å²) in [5, 5.41) is 5.68. The molecule has 8 heteroatoms. The second kappa shape index (κ2) is 11.8. The van der Waals surface area contributed by atoms with Crippen molar-refractivity contribution in [2.24, 2.45) is 0 Å². The maximum Gasteiger partial charge on any atom is 0.253 e. The van der Waals surface area contributed by atoms with Crippen molar-refractivity contribution in [1.29, 1.82) is 0 Å². The molecule has 0 spiro atoms. The first-order valence-corrected chi connectivity index (χ1v) is 11.4. The number of carbonyl (C=O) groups excluding carboxylic acids is 1. The van der Waals surface area contributed by atoms with Crippen LogP contribution < -0.4 is 15.4 Å². The van der Waals surface area contributed by atoms with E-state index < -0.39 is 17.7 Å². The fourth-order valence-electron chi connectivity index (χ4n) is 3.02. The molecule has 168 valence electrons. The first-order chi connectivity index (χ1) is 15.5. The van der Waals surface area contributed by atoms with E-state index in [-0.39, 0.29) is 29.4 Å². The number of nitrogens with one attached hydrogen (secondary N) is 2. The van der Waals surface area contributed by atoms with Crippen LogP contribution in [0.2, 0.25) is 0 Å². The lowest BCUT2D eigenvalue weighted by Crippen LogP contribution is -2.26. The lowest BCUT2D eigenvalue weighted by Gasteiger charge is -2.17. The van der Waals surface area contributed by atoms with Crippen LogP contribution in [0.25, 0.3) is 0 Å². The van der Waals surface area contributed by atoms with Gasteiger partial charge in [-0.25, -0.2) is 4.39 Å². The summed E-state index contributed by atoms with van der Waals surface area (Å²) in [6.45, 7) is 2.63. The number of carbonyl (C=O) groups is 1. The number of aromatic nitrogens is 1. The van der Waals surface area contributed by atoms with E-state index in [9.17, 15) is 13.6 Å². The highest BCUT2D eigenvalue weighted by molar-refractivity contribution is 14.1. The van der Waals surface area contributed by atoms with Crippen molar-refractivity contribution in [2.45, 2.75) is 32.8 Å². The molecule has 1 amide bonds. The van der Waals surface area contributed by atoms with Crippen LogP contribution in [0.15, 0.2) is 54.6 Å². The SMILES string of the molecule is CCCCCNC(=O)c1cc(F)nc(OCc2ccccc2)c1Nc1ccc(I)cc1F. The fraction of sp³-hybridized carbons (Fsp3) is 0.250. The predicted molar refractivity (Wildman–Crippen MR) is 129 cm³/mol. The van der Waals surface area contributed by atoms with E-state index in [1.165, 1.54) is 6.07 Å². The van der Waals surface area contributed by atoms with Gasteiger partial charge >= 0.3 is 0 Å². The van der Waals surface area contributed by atoms with Gasteiger partial charge in [0.25, 0.3) is 5.91 Å². The Labute approximate surface area is 199 Å². The molecule has 32 heavy (non-hydrogen) atoms. The van der Waals surface area contributed by atoms with Crippen molar-refractivity contribution in [3.05, 3.63) is 81.1 Å². The van der Waals surface area contributed by atoms with Crippen molar-refractivity contribution >= 4 is 39.9 Å². The number of rotatable bonds is 10. The zero-order valence-electron chi connectivity index (χ0n) is 17.6. The zero-order chi connectivity index (χ0) is 22.9. The Morgan fingerprint density at radius 1 is 1.09 bits per heavy atom. The van der Waals surface area contributed by atoms with Crippen molar-refractivity contribution in [2.75, 3.05) is 11.9 Å². The van der Waals surface area contributed by atoms with E-state index in [4.69, 9.17) is 4.74 Å². The summed E-state index contributed by atoms with van der Waals surface area (Å²) in [6.07, 6.45) is 2.78. The van der Waals surface area contributed by atoms with Gasteiger partial charge in [-0.05, 0) is 52.8 Å². The van der Waals surface area contributed by atoms with Crippen LogP contribution in [0.5, 0.6) is 5.88 Å². The van der Waals surface area contributed by atoms with Gasteiger partial charge in [0, 0.05) is 16.2 Å². The molecule has 1 heterocycles. The second-order valence-corrected chi connectivity index (χ2v) is 8.40. The van der Waals surface area contributed by atoms with Crippen LogP contribution in [-0.2, 0) is 6.61 Å². The number of unbranched alkanes of at least 4 members (excludes halogenated alkanes) is 2. The first kappa shape index (κ1) is 23.9. The van der Waals surface area contributed by atoms with Crippen molar-refractivity contribution in [3.8, 4) is 5.88 Å². The predicted octanol–water partition coefficient (Wildman–Crippen LogP) is 6.21. The van der Waals surface area contributed by atoms with Crippen molar-refractivity contribution in [1.82, 2.24) is 10.3 Å². The minimum absolute atomic E-state index is 0.00462. The number of amides is 1. The molecular weight excluding hydrogens is 527 g/mol. The van der Waals surface area contributed by atoms with Crippen LogP contribution in [0.1, 0.15) is 42.1 Å². The Morgan fingerprint density at radius 2 is 1.88 bits per heavy atom. The van der Waals surface area contributed by atoms with E-state index >= 15 is 0 Å². The molecule has 2 N–H and O–H groups in total. The molecule has 0 atom stereocenters. The largest absolute Gasteiger partial charge is 0.471 e. The Balaban J connectivity index is 1.94. The number of hydrogen-bond donors (Lipinski definition) is 2. The van der Waals surface area contributed by atoms with Crippen LogP contribution in [0.3, 0.4) is 0 Å². The van der Waals surface area contributed by atoms with Gasteiger partial charge in [0.15, 0.2) is 0 Å². The summed E-state index contributed by atoms with van der Waals surface area (Å²) in [7, 11) is 0. The molecule has 0 radical (unpaired) electrons. The number of hydrogen-bond acceptors (Lipinski definition) is 4. The molecule has 3 aromatic rings. The van der Waals surface area contributed by atoms with Crippen LogP contribution >= 0.6 is 22.6 Å². The van der Waals surface area contributed by atoms with Gasteiger partial charge in [-0.1, -0.05) is 50.1 Å². The summed E-state index contributed by atoms with van der Waals surface area (Å²) >= 11 is 2.00. The number of pyridine rings is 1. The summed E-state index contributed by atoms with van der Waals surface area (Å²) in [5.74, 6) is -1.98. The quantitative estimate of drug-likeness (QED) is 0.179. The molecule has 0 aliphatic rings. The van der Waals surface area contributed by atoms with E-state index in [1.54, 1.807) is 12.1 Å². The number of ether oxygens (including phenoxy) is 1. The molecule has 5 nitrogen and oxygen atoms in total. The highest BCUT2D eigenvalue weighted by atomic mass is 127. The normalized spacial score (nSPS) is 10.6. The second-order valence-electron chi connectivity index (χ2n) is 7.16. The fourth-order valence-corrected chi connectivity index (χ4v) is 3.47. The molecule has 0 aliphatic heterocycles. The Bertz CT molecular complexity index is 1060. The monoisotopic (exact) mass is 551 g/mol. The Hall–Kier alpha value is -2.75. The lowest BCUT2D eigenvalue weighted by atomic mass is 10.1. The van der Waals surface area contributed by atoms with E-state index in [0.29, 0.717) is 6.54 Å². The maximum absolute atomic E-state index is 14.5. The number of halogens is 3. The smallest absolute Gasteiger partial charge is 0.253 e. The maximum atomic E-state index is 14.5. The summed E-state index contributed by atoms with van der Waals surface area (Å²) < 4.78 is 35.3. The molecule has 1 aromatic heterocycles. The Morgan fingerprint density at radius 3 is 2.59 bits per heavy atom. The highest BCUT2D eigenvalue weighted by Gasteiger charge is 2.21. The van der Waals surface area contributed by atoms with Crippen LogP contribution in [-0.4, -0.2) is 17.4 Å². The average Bonchev–Trinajstić information content (AvgIpc) is 2.78. The molecule has 0 bridgehead atoms. The van der Waals surface area contributed by atoms with Crippen molar-refractivity contribution in [3.63, 3.8) is 0 Å². The molecular formula is C24H24F2IN3O2. The number of anilines is 2. The number of nitrogens with zero attached hydrogens (tertiary/aromatic N) is 1. The highest BCUT2D eigenvalue weighted by Crippen LogP contribution is 2.32. The summed E-state index contributed by atoms with van der Waals surface area (Å²) in [5.41, 5.74) is 1.07. The van der Waals surface area contributed by atoms with Crippen LogP contribution in [0.4, 0.5) is 20.2 Å². The van der Waals surface area contributed by atoms with E-state index in [2.05, 4.69) is 22.5 Å².